The summed E-state index contributed by atoms with van der Waals surface area (Å²) in [6.45, 7) is 14.5. The lowest BCUT2D eigenvalue weighted by molar-refractivity contribution is -0.117. The number of unbranched alkanes of at least 4 members (excludes halogenated alkanes) is 4. The minimum Gasteiger partial charge on any atom is -0.465 e. The first-order valence-electron chi connectivity index (χ1n) is 14.8. The Bertz CT molecular complexity index is 1650. The molecule has 2 aromatic carbocycles. The first kappa shape index (κ1) is 31.2. The Hall–Kier alpha value is -3.77. The van der Waals surface area contributed by atoms with Crippen LogP contribution in [0, 0.1) is 20.8 Å². The number of allylic oxidation sites excluding steroid dienone is 2. The van der Waals surface area contributed by atoms with Crippen LogP contribution in [0.1, 0.15) is 88.6 Å². The molecule has 0 saturated heterocycles. The van der Waals surface area contributed by atoms with Gasteiger partial charge in [0.15, 0.2) is 0 Å². The highest BCUT2D eigenvalue weighted by molar-refractivity contribution is 7.12. The highest BCUT2D eigenvalue weighted by Crippen LogP contribution is 2.37. The number of rotatable bonds is 13. The minimum absolute atomic E-state index is 0.0601. The Kier molecular flexibility index (Phi) is 10.3. The molecule has 0 aliphatic heterocycles. The number of hydrogen-bond acceptors (Lipinski definition) is 5. The number of aromatic nitrogens is 2. The molecular weight excluding hydrogens is 540 g/mol. The fourth-order valence-corrected chi connectivity index (χ4v) is 6.47. The lowest BCUT2D eigenvalue weighted by Crippen LogP contribution is -2.09. The molecule has 42 heavy (non-hydrogen) atoms. The van der Waals surface area contributed by atoms with Crippen LogP contribution < -0.4 is 0 Å². The van der Waals surface area contributed by atoms with E-state index < -0.39 is 0 Å². The van der Waals surface area contributed by atoms with E-state index in [0.29, 0.717) is 5.56 Å². The molecule has 0 N–H and O–H groups in total. The van der Waals surface area contributed by atoms with Crippen LogP contribution in [0.3, 0.4) is 0 Å². The Balaban J connectivity index is 1.85. The molecule has 0 saturated carbocycles. The van der Waals surface area contributed by atoms with Crippen LogP contribution in [0.4, 0.5) is 0 Å². The molecular formula is C36H42N2O3S. The molecule has 5 nitrogen and oxygen atoms in total. The summed E-state index contributed by atoms with van der Waals surface area (Å²) in [5, 5.41) is 2.11. The van der Waals surface area contributed by atoms with E-state index in [-0.39, 0.29) is 18.3 Å². The van der Waals surface area contributed by atoms with Gasteiger partial charge in [0.25, 0.3) is 0 Å². The largest absolute Gasteiger partial charge is 0.465 e. The van der Waals surface area contributed by atoms with Gasteiger partial charge < -0.3 is 9.30 Å². The van der Waals surface area contributed by atoms with Gasteiger partial charge in [-0.05, 0) is 86.6 Å². The third-order valence-electron chi connectivity index (χ3n) is 7.71. The number of methoxy groups -OCH3 is 1. The second kappa shape index (κ2) is 13.9. The number of thiazole rings is 1. The van der Waals surface area contributed by atoms with Crippen molar-refractivity contribution in [3.8, 4) is 11.3 Å². The number of fused-ring (bicyclic) bond motifs is 1. The lowest BCUT2D eigenvalue weighted by atomic mass is 9.96. The second-order valence-electron chi connectivity index (χ2n) is 11.1. The predicted molar refractivity (Wildman–Crippen MR) is 176 cm³/mol. The van der Waals surface area contributed by atoms with Crippen molar-refractivity contribution in [2.24, 2.45) is 0 Å². The van der Waals surface area contributed by atoms with E-state index in [4.69, 9.17) is 4.74 Å². The van der Waals surface area contributed by atoms with Crippen molar-refractivity contribution in [3.63, 3.8) is 0 Å². The van der Waals surface area contributed by atoms with Gasteiger partial charge in [0.1, 0.15) is 5.78 Å². The zero-order valence-electron chi connectivity index (χ0n) is 25.8. The Morgan fingerprint density at radius 1 is 1.05 bits per heavy atom. The smallest absolute Gasteiger partial charge is 0.337 e. The molecule has 2 heterocycles. The SMILES string of the molecule is C=C(/C=C\c1cc(-c2c(CCCCCCC)c3ccc(C(=O)OC)cc3n2CC(C)=O)ccc1C)c1sc(C)nc1C. The normalized spacial score (nSPS) is 11.5. The number of nitrogens with zero attached hydrogens (tertiary/aromatic N) is 2. The Labute approximate surface area is 253 Å². The Morgan fingerprint density at radius 3 is 2.48 bits per heavy atom. The van der Waals surface area contributed by atoms with Crippen molar-refractivity contribution in [1.29, 1.82) is 0 Å². The highest BCUT2D eigenvalue weighted by Gasteiger charge is 2.21. The van der Waals surface area contributed by atoms with Gasteiger partial charge in [-0.2, -0.15) is 0 Å². The van der Waals surface area contributed by atoms with Crippen LogP contribution in [-0.2, 0) is 22.5 Å². The summed E-state index contributed by atoms with van der Waals surface area (Å²) < 4.78 is 7.10. The summed E-state index contributed by atoms with van der Waals surface area (Å²) in [5.41, 5.74) is 8.87. The average Bonchev–Trinajstić information content (AvgIpc) is 3.46. The summed E-state index contributed by atoms with van der Waals surface area (Å²) in [6.07, 6.45) is 11.0. The van der Waals surface area contributed by atoms with Gasteiger partial charge in [-0.15, -0.1) is 11.3 Å². The summed E-state index contributed by atoms with van der Waals surface area (Å²) in [6, 6.07) is 12.2. The molecule has 6 heteroatoms. The van der Waals surface area contributed by atoms with Crippen molar-refractivity contribution in [3.05, 3.63) is 86.9 Å². The monoisotopic (exact) mass is 582 g/mol. The molecule has 0 radical (unpaired) electrons. The van der Waals surface area contributed by atoms with Gasteiger partial charge in [0, 0.05) is 5.39 Å². The highest BCUT2D eigenvalue weighted by atomic mass is 32.1. The van der Waals surface area contributed by atoms with E-state index in [1.165, 1.54) is 31.9 Å². The van der Waals surface area contributed by atoms with Gasteiger partial charge in [0.2, 0.25) is 0 Å². The van der Waals surface area contributed by atoms with Crippen LogP contribution in [0.2, 0.25) is 0 Å². The number of ether oxygens (including phenoxy) is 1. The third-order valence-corrected chi connectivity index (χ3v) is 8.86. The number of carbonyl (C=O) groups excluding carboxylic acids is 2. The van der Waals surface area contributed by atoms with E-state index in [1.54, 1.807) is 18.3 Å². The van der Waals surface area contributed by atoms with Crippen LogP contribution >= 0.6 is 11.3 Å². The summed E-state index contributed by atoms with van der Waals surface area (Å²) in [5.74, 6) is -0.325. The van der Waals surface area contributed by atoms with Gasteiger partial charge in [-0.3, -0.25) is 4.79 Å². The fraction of sp³-hybridized carbons (Fsp3) is 0.361. The number of benzene rings is 2. The van der Waals surface area contributed by atoms with E-state index in [9.17, 15) is 9.59 Å². The maximum atomic E-state index is 12.6. The molecule has 0 unspecified atom stereocenters. The first-order valence-corrected chi connectivity index (χ1v) is 15.6. The lowest BCUT2D eigenvalue weighted by Gasteiger charge is -2.14. The standard InChI is InChI=1S/C36H42N2O3S/c1-8-9-10-11-12-13-32-31-19-18-30(36(40)41-7)21-33(31)38(22-25(4)39)34(32)29-17-14-23(2)28(20-29)16-15-24(3)35-26(5)37-27(6)42-35/h14-21H,3,8-13,22H2,1-2,4-7H3/b16-15-. The number of esters is 1. The van der Waals surface area contributed by atoms with E-state index >= 15 is 0 Å². The van der Waals surface area contributed by atoms with Crippen LogP contribution in [0.15, 0.2) is 49.1 Å². The fourth-order valence-electron chi connectivity index (χ4n) is 5.60. The maximum Gasteiger partial charge on any atom is 0.337 e. The van der Waals surface area contributed by atoms with Gasteiger partial charge in [-0.1, -0.05) is 69.5 Å². The molecule has 220 valence electrons. The minimum atomic E-state index is -0.385. The molecule has 0 aliphatic carbocycles. The number of hydrogen-bond donors (Lipinski definition) is 0. The number of aryl methyl sites for hydroxylation is 4. The molecule has 2 aromatic heterocycles. The van der Waals surface area contributed by atoms with Crippen LogP contribution in [0.5, 0.6) is 0 Å². The number of carbonyl (C=O) groups is 2. The van der Waals surface area contributed by atoms with E-state index in [1.807, 2.05) is 32.0 Å². The van der Waals surface area contributed by atoms with Crippen LogP contribution in [0.25, 0.3) is 33.8 Å². The molecule has 0 amide bonds. The quantitative estimate of drug-likeness (QED) is 0.0895. The number of Topliss-reactive ketones (excluding diaryl/α,β-unsaturated/α-hetero) is 1. The average molecular weight is 583 g/mol. The van der Waals surface area contributed by atoms with Crippen molar-refractivity contribution in [2.45, 2.75) is 79.7 Å². The predicted octanol–water partition coefficient (Wildman–Crippen LogP) is 9.31. The molecule has 0 atom stereocenters. The molecule has 0 bridgehead atoms. The van der Waals surface area contributed by atoms with Gasteiger partial charge in [-0.25, -0.2) is 9.78 Å². The van der Waals surface area contributed by atoms with Crippen LogP contribution in [-0.4, -0.2) is 28.4 Å². The summed E-state index contributed by atoms with van der Waals surface area (Å²) in [7, 11) is 1.39. The first-order chi connectivity index (χ1) is 20.1. The van der Waals surface area contributed by atoms with E-state index in [0.717, 1.165) is 73.7 Å². The molecule has 4 aromatic rings. The summed E-state index contributed by atoms with van der Waals surface area (Å²) >= 11 is 1.66. The molecule has 0 aliphatic rings. The topological polar surface area (TPSA) is 61.2 Å². The Morgan fingerprint density at radius 2 is 1.81 bits per heavy atom. The zero-order valence-corrected chi connectivity index (χ0v) is 26.6. The molecule has 0 spiro atoms. The maximum absolute atomic E-state index is 12.6. The van der Waals surface area contributed by atoms with Crippen molar-refractivity contribution in [1.82, 2.24) is 9.55 Å². The van der Waals surface area contributed by atoms with Crippen molar-refractivity contribution < 1.29 is 14.3 Å². The van der Waals surface area contributed by atoms with Gasteiger partial charge in [0.05, 0.1) is 46.0 Å². The number of ketones is 1. The zero-order chi connectivity index (χ0) is 30.4. The summed E-state index contributed by atoms with van der Waals surface area (Å²) in [4.78, 5) is 30.7. The molecule has 0 fully saturated rings. The van der Waals surface area contributed by atoms with E-state index in [2.05, 4.69) is 60.3 Å². The molecule has 4 rings (SSSR count). The third kappa shape index (κ3) is 6.99. The van der Waals surface area contributed by atoms with Crippen molar-refractivity contribution >= 4 is 45.6 Å². The second-order valence-corrected chi connectivity index (χ2v) is 12.3. The van der Waals surface area contributed by atoms with Gasteiger partial charge >= 0.3 is 5.97 Å². The van der Waals surface area contributed by atoms with Crippen molar-refractivity contribution in [2.75, 3.05) is 7.11 Å².